The SMILES string of the molecule is CC(C)CCC1COC2C(OC(=O)C(CC(C)C)N(I)C(=O)C(C)(C)C(C)(C)CO)COC12. The lowest BCUT2D eigenvalue weighted by molar-refractivity contribution is -0.163. The van der Waals surface area contributed by atoms with E-state index in [1.165, 1.54) is 3.11 Å². The molecule has 5 atom stereocenters. The highest BCUT2D eigenvalue weighted by molar-refractivity contribution is 14.1. The summed E-state index contributed by atoms with van der Waals surface area (Å²) < 4.78 is 19.4. The van der Waals surface area contributed by atoms with Gasteiger partial charge in [0.25, 0.3) is 0 Å². The molecule has 2 heterocycles. The van der Waals surface area contributed by atoms with Crippen LogP contribution >= 0.6 is 22.9 Å². The predicted molar refractivity (Wildman–Crippen MR) is 136 cm³/mol. The highest BCUT2D eigenvalue weighted by Gasteiger charge is 2.51. The average molecular weight is 582 g/mol. The number of ether oxygens (including phenoxy) is 3. The van der Waals surface area contributed by atoms with Crippen molar-refractivity contribution in [3.05, 3.63) is 0 Å². The van der Waals surface area contributed by atoms with E-state index in [2.05, 4.69) is 13.8 Å². The van der Waals surface area contributed by atoms with Crippen LogP contribution in [0.25, 0.3) is 0 Å². The van der Waals surface area contributed by atoms with Gasteiger partial charge >= 0.3 is 5.97 Å². The Hall–Kier alpha value is -0.450. The van der Waals surface area contributed by atoms with Crippen molar-refractivity contribution in [2.24, 2.45) is 28.6 Å². The molecular formula is C25H44INO6. The van der Waals surface area contributed by atoms with Gasteiger partial charge in [0.15, 0.2) is 6.10 Å². The van der Waals surface area contributed by atoms with E-state index in [0.29, 0.717) is 31.5 Å². The molecule has 2 aliphatic rings. The first kappa shape index (κ1) is 28.8. The largest absolute Gasteiger partial charge is 0.455 e. The van der Waals surface area contributed by atoms with Gasteiger partial charge in [-0.1, -0.05) is 61.8 Å². The Labute approximate surface area is 213 Å². The molecular weight excluding hydrogens is 537 g/mol. The molecule has 33 heavy (non-hydrogen) atoms. The van der Waals surface area contributed by atoms with E-state index in [4.69, 9.17) is 14.2 Å². The fraction of sp³-hybridized carbons (Fsp3) is 0.920. The molecule has 2 saturated heterocycles. The average Bonchev–Trinajstić information content (AvgIpc) is 3.31. The summed E-state index contributed by atoms with van der Waals surface area (Å²) >= 11 is 1.94. The van der Waals surface area contributed by atoms with Crippen LogP contribution in [0.5, 0.6) is 0 Å². The maximum atomic E-state index is 13.4. The van der Waals surface area contributed by atoms with Crippen LogP contribution in [0, 0.1) is 28.6 Å². The fourth-order valence-corrected chi connectivity index (χ4v) is 5.35. The van der Waals surface area contributed by atoms with Gasteiger partial charge in [0.1, 0.15) is 12.1 Å². The van der Waals surface area contributed by atoms with Crippen molar-refractivity contribution in [3.63, 3.8) is 0 Å². The van der Waals surface area contributed by atoms with Crippen molar-refractivity contribution in [3.8, 4) is 0 Å². The van der Waals surface area contributed by atoms with Crippen LogP contribution in [0.1, 0.15) is 74.7 Å². The molecule has 0 aliphatic carbocycles. The number of hydrogen-bond donors (Lipinski definition) is 1. The second-order valence-corrected chi connectivity index (χ2v) is 12.8. The van der Waals surface area contributed by atoms with Gasteiger partial charge in [-0.15, -0.1) is 0 Å². The van der Waals surface area contributed by atoms with Crippen molar-refractivity contribution in [2.75, 3.05) is 19.8 Å². The summed E-state index contributed by atoms with van der Waals surface area (Å²) in [7, 11) is 0. The van der Waals surface area contributed by atoms with E-state index in [-0.39, 0.29) is 30.6 Å². The second-order valence-electron chi connectivity index (χ2n) is 11.7. The summed E-state index contributed by atoms with van der Waals surface area (Å²) in [6.07, 6.45) is 1.92. The van der Waals surface area contributed by atoms with Crippen molar-refractivity contribution < 1.29 is 28.9 Å². The number of hydrogen-bond acceptors (Lipinski definition) is 6. The minimum absolute atomic E-state index is 0.0354. The van der Waals surface area contributed by atoms with Crippen LogP contribution in [0.15, 0.2) is 0 Å². The van der Waals surface area contributed by atoms with Gasteiger partial charge < -0.3 is 19.3 Å². The van der Waals surface area contributed by atoms with Gasteiger partial charge in [0.05, 0.1) is 47.6 Å². The van der Waals surface area contributed by atoms with Gasteiger partial charge in [-0.2, -0.15) is 0 Å². The number of fused-ring (bicyclic) bond motifs is 1. The molecule has 0 aromatic carbocycles. The first-order chi connectivity index (χ1) is 15.2. The normalized spacial score (nSPS) is 26.5. The topological polar surface area (TPSA) is 85.3 Å². The summed E-state index contributed by atoms with van der Waals surface area (Å²) in [6, 6.07) is -0.718. The van der Waals surface area contributed by atoms with Gasteiger partial charge in [0, 0.05) is 17.9 Å². The standard InChI is InChI=1S/C25H44INO6/c1-15(2)9-10-17-12-31-21-19(13-32-20(17)21)33-22(29)18(11-16(3)4)27(26)23(30)25(7,8)24(5,6)14-28/h15-21,28H,9-14H2,1-8H3. The number of aliphatic hydroxyl groups excluding tert-OH is 1. The summed E-state index contributed by atoms with van der Waals surface area (Å²) in [5, 5.41) is 9.83. The van der Waals surface area contributed by atoms with Gasteiger partial charge in [-0.3, -0.25) is 7.91 Å². The molecule has 2 rings (SSSR count). The minimum Gasteiger partial charge on any atom is -0.455 e. The molecule has 2 fully saturated rings. The molecule has 0 saturated carbocycles. The maximum Gasteiger partial charge on any atom is 0.330 e. The third kappa shape index (κ3) is 6.61. The van der Waals surface area contributed by atoms with E-state index in [1.807, 2.05) is 64.4 Å². The highest BCUT2D eigenvalue weighted by atomic mass is 127. The Kier molecular flexibility index (Phi) is 10.1. The molecule has 0 bridgehead atoms. The zero-order valence-electron chi connectivity index (χ0n) is 21.6. The Morgan fingerprint density at radius 2 is 1.67 bits per heavy atom. The van der Waals surface area contributed by atoms with E-state index in [9.17, 15) is 14.7 Å². The van der Waals surface area contributed by atoms with E-state index >= 15 is 0 Å². The Bertz CT molecular complexity index is 680. The fourth-order valence-electron chi connectivity index (χ4n) is 4.29. The summed E-state index contributed by atoms with van der Waals surface area (Å²) in [6.45, 7) is 16.6. The summed E-state index contributed by atoms with van der Waals surface area (Å²) in [4.78, 5) is 26.8. The lowest BCUT2D eigenvalue weighted by Gasteiger charge is -2.42. The number of carbonyl (C=O) groups is 2. The zero-order chi connectivity index (χ0) is 25.1. The van der Waals surface area contributed by atoms with Crippen LogP contribution in [0.4, 0.5) is 0 Å². The number of halogens is 1. The second kappa shape index (κ2) is 11.5. The summed E-state index contributed by atoms with van der Waals surface area (Å²) in [5.41, 5.74) is -1.51. The third-order valence-corrected chi connectivity index (χ3v) is 8.66. The zero-order valence-corrected chi connectivity index (χ0v) is 23.8. The van der Waals surface area contributed by atoms with Crippen LogP contribution in [-0.4, -0.2) is 64.3 Å². The van der Waals surface area contributed by atoms with Crippen LogP contribution in [0.2, 0.25) is 0 Å². The number of nitrogens with zero attached hydrogens (tertiary/aromatic N) is 1. The van der Waals surface area contributed by atoms with E-state index in [0.717, 1.165) is 12.8 Å². The maximum absolute atomic E-state index is 13.4. The first-order valence-electron chi connectivity index (χ1n) is 12.3. The van der Waals surface area contributed by atoms with Crippen molar-refractivity contribution in [1.29, 1.82) is 0 Å². The highest BCUT2D eigenvalue weighted by Crippen LogP contribution is 2.41. The van der Waals surface area contributed by atoms with E-state index in [1.54, 1.807) is 0 Å². The van der Waals surface area contributed by atoms with Gasteiger partial charge in [-0.25, -0.2) is 4.79 Å². The third-order valence-electron chi connectivity index (χ3n) is 7.55. The molecule has 0 aromatic heterocycles. The molecule has 0 spiro atoms. The first-order valence-corrected chi connectivity index (χ1v) is 13.2. The van der Waals surface area contributed by atoms with Crippen molar-refractivity contribution in [1.82, 2.24) is 3.11 Å². The quantitative estimate of drug-likeness (QED) is 0.222. The molecule has 2 aliphatic heterocycles. The van der Waals surface area contributed by atoms with Gasteiger partial charge in [-0.05, 0) is 24.7 Å². The summed E-state index contributed by atoms with van der Waals surface area (Å²) in [5.74, 6) is 0.529. The lowest BCUT2D eigenvalue weighted by Crippen LogP contribution is -2.52. The molecule has 0 aromatic rings. The van der Waals surface area contributed by atoms with Crippen molar-refractivity contribution >= 4 is 34.7 Å². The Morgan fingerprint density at radius 1 is 1.06 bits per heavy atom. The predicted octanol–water partition coefficient (Wildman–Crippen LogP) is 4.39. The van der Waals surface area contributed by atoms with Crippen LogP contribution < -0.4 is 0 Å². The Balaban J connectivity index is 2.10. The number of amides is 1. The number of carbonyl (C=O) groups excluding carboxylic acids is 2. The smallest absolute Gasteiger partial charge is 0.330 e. The molecule has 8 heteroatoms. The van der Waals surface area contributed by atoms with Gasteiger partial charge in [0.2, 0.25) is 5.91 Å². The molecule has 1 amide bonds. The van der Waals surface area contributed by atoms with Crippen LogP contribution in [-0.2, 0) is 23.8 Å². The molecule has 192 valence electrons. The lowest BCUT2D eigenvalue weighted by atomic mass is 9.67. The van der Waals surface area contributed by atoms with Crippen LogP contribution in [0.3, 0.4) is 0 Å². The van der Waals surface area contributed by atoms with Crippen molar-refractivity contribution in [2.45, 2.75) is 99.0 Å². The van der Waals surface area contributed by atoms with E-state index < -0.39 is 28.9 Å². The Morgan fingerprint density at radius 3 is 2.21 bits per heavy atom. The number of aliphatic hydroxyl groups is 1. The number of esters is 1. The number of rotatable bonds is 11. The molecule has 5 unspecified atom stereocenters. The molecule has 0 radical (unpaired) electrons. The molecule has 7 nitrogen and oxygen atoms in total. The molecule has 1 N–H and O–H groups in total. The minimum atomic E-state index is -0.863. The monoisotopic (exact) mass is 581 g/mol.